The van der Waals surface area contributed by atoms with Crippen molar-refractivity contribution in [1.29, 1.82) is 0 Å². The van der Waals surface area contributed by atoms with Crippen LogP contribution in [-0.2, 0) is 22.7 Å². The number of fused-ring (bicyclic) bond motifs is 1. The number of piperidine rings is 2. The number of aromatic nitrogens is 2. The van der Waals surface area contributed by atoms with Gasteiger partial charge in [0.15, 0.2) is 0 Å². The van der Waals surface area contributed by atoms with Crippen LogP contribution in [0, 0.1) is 6.92 Å². The fraction of sp³-hybridized carbons (Fsp3) is 0.407. The van der Waals surface area contributed by atoms with Crippen molar-refractivity contribution in [2.45, 2.75) is 58.2 Å². The second-order valence-corrected chi connectivity index (χ2v) is 9.54. The lowest BCUT2D eigenvalue weighted by atomic mass is 10.1. The first-order valence-corrected chi connectivity index (χ1v) is 12.4. The standard InChI is InChI=1S/C27H31N5O3/c1-18-29-23-10-9-21(15-22(23)27(35)32(18)24-11-12-25(33)30-26(24)34)28-16-19-5-7-20(8-6-19)17-31-13-3-2-4-14-31/h5-10,15,24,28H,2-4,11-14,16-17H2,1H3,(H,30,33,34). The predicted molar refractivity (Wildman–Crippen MR) is 135 cm³/mol. The molecule has 1 unspecified atom stereocenters. The highest BCUT2D eigenvalue weighted by Gasteiger charge is 2.30. The molecule has 1 atom stereocenters. The second-order valence-electron chi connectivity index (χ2n) is 9.54. The quantitative estimate of drug-likeness (QED) is 0.534. The summed E-state index contributed by atoms with van der Waals surface area (Å²) in [4.78, 5) is 44.3. The van der Waals surface area contributed by atoms with Crippen molar-refractivity contribution in [3.05, 3.63) is 69.8 Å². The van der Waals surface area contributed by atoms with Gasteiger partial charge in [0.05, 0.1) is 10.9 Å². The average molecular weight is 474 g/mol. The van der Waals surface area contributed by atoms with E-state index in [1.54, 1.807) is 13.0 Å². The zero-order valence-corrected chi connectivity index (χ0v) is 20.0. The van der Waals surface area contributed by atoms with E-state index < -0.39 is 11.9 Å². The normalized spacial score (nSPS) is 19.1. The molecule has 0 radical (unpaired) electrons. The lowest BCUT2D eigenvalue weighted by Gasteiger charge is -2.26. The Morgan fingerprint density at radius 3 is 2.49 bits per heavy atom. The number of rotatable bonds is 6. The molecule has 0 bridgehead atoms. The van der Waals surface area contributed by atoms with Crippen molar-refractivity contribution in [3.8, 4) is 0 Å². The van der Waals surface area contributed by atoms with Gasteiger partial charge in [-0.15, -0.1) is 0 Å². The molecule has 1 aromatic heterocycles. The minimum absolute atomic E-state index is 0.207. The summed E-state index contributed by atoms with van der Waals surface area (Å²) in [6.45, 7) is 5.72. The maximum Gasteiger partial charge on any atom is 0.262 e. The van der Waals surface area contributed by atoms with Gasteiger partial charge in [-0.05, 0) is 68.6 Å². The molecule has 2 N–H and O–H groups in total. The number of nitrogens with one attached hydrogen (secondary N) is 2. The van der Waals surface area contributed by atoms with E-state index in [2.05, 4.69) is 44.8 Å². The maximum absolute atomic E-state index is 13.3. The van der Waals surface area contributed by atoms with Crippen LogP contribution in [0.1, 0.15) is 55.1 Å². The van der Waals surface area contributed by atoms with Gasteiger partial charge in [0, 0.05) is 25.2 Å². The van der Waals surface area contributed by atoms with E-state index in [0.29, 0.717) is 29.7 Å². The summed E-state index contributed by atoms with van der Waals surface area (Å²) in [6, 6.07) is 13.5. The van der Waals surface area contributed by atoms with Gasteiger partial charge < -0.3 is 5.32 Å². The largest absolute Gasteiger partial charge is 0.381 e. The van der Waals surface area contributed by atoms with Crippen LogP contribution in [0.5, 0.6) is 0 Å². The number of likely N-dealkylation sites (tertiary alicyclic amines) is 1. The van der Waals surface area contributed by atoms with E-state index >= 15 is 0 Å². The number of aryl methyl sites for hydroxylation is 1. The summed E-state index contributed by atoms with van der Waals surface area (Å²) in [6.07, 6.45) is 4.43. The zero-order valence-electron chi connectivity index (χ0n) is 20.0. The van der Waals surface area contributed by atoms with Crippen molar-refractivity contribution < 1.29 is 9.59 Å². The number of carbonyl (C=O) groups excluding carboxylic acids is 2. The van der Waals surface area contributed by atoms with Crippen molar-refractivity contribution in [3.63, 3.8) is 0 Å². The molecule has 8 heteroatoms. The van der Waals surface area contributed by atoms with E-state index in [1.807, 2.05) is 12.1 Å². The lowest BCUT2D eigenvalue weighted by Crippen LogP contribution is -2.45. The van der Waals surface area contributed by atoms with E-state index in [4.69, 9.17) is 0 Å². The number of benzene rings is 2. The van der Waals surface area contributed by atoms with E-state index in [-0.39, 0.29) is 17.9 Å². The van der Waals surface area contributed by atoms with Crippen LogP contribution in [0.3, 0.4) is 0 Å². The third-order valence-electron chi connectivity index (χ3n) is 6.97. The van der Waals surface area contributed by atoms with Crippen LogP contribution in [0.25, 0.3) is 10.9 Å². The van der Waals surface area contributed by atoms with Crippen LogP contribution in [0.4, 0.5) is 5.69 Å². The molecule has 3 aromatic rings. The molecule has 2 aliphatic heterocycles. The average Bonchev–Trinajstić information content (AvgIpc) is 2.86. The second kappa shape index (κ2) is 10.00. The first-order chi connectivity index (χ1) is 17.0. The van der Waals surface area contributed by atoms with Gasteiger partial charge in [0.2, 0.25) is 11.8 Å². The van der Waals surface area contributed by atoms with Gasteiger partial charge in [-0.2, -0.15) is 0 Å². The zero-order chi connectivity index (χ0) is 24.4. The molecule has 2 aliphatic rings. The molecule has 35 heavy (non-hydrogen) atoms. The Balaban J connectivity index is 1.30. The predicted octanol–water partition coefficient (Wildman–Crippen LogP) is 3.28. The Morgan fingerprint density at radius 1 is 1.00 bits per heavy atom. The van der Waals surface area contributed by atoms with E-state index in [0.717, 1.165) is 17.8 Å². The molecule has 0 spiro atoms. The molecule has 2 saturated heterocycles. The van der Waals surface area contributed by atoms with Gasteiger partial charge in [-0.3, -0.25) is 29.2 Å². The Labute approximate surface area is 204 Å². The fourth-order valence-corrected chi connectivity index (χ4v) is 5.06. The minimum atomic E-state index is -0.725. The van der Waals surface area contributed by atoms with Crippen molar-refractivity contribution in [2.24, 2.45) is 0 Å². The molecule has 0 aliphatic carbocycles. The van der Waals surface area contributed by atoms with Crippen LogP contribution in [0.2, 0.25) is 0 Å². The third-order valence-corrected chi connectivity index (χ3v) is 6.97. The first kappa shape index (κ1) is 23.2. The van der Waals surface area contributed by atoms with Crippen LogP contribution in [0.15, 0.2) is 47.3 Å². The van der Waals surface area contributed by atoms with Crippen LogP contribution >= 0.6 is 0 Å². The van der Waals surface area contributed by atoms with Gasteiger partial charge >= 0.3 is 0 Å². The summed E-state index contributed by atoms with van der Waals surface area (Å²) < 4.78 is 1.41. The summed E-state index contributed by atoms with van der Waals surface area (Å²) in [5, 5.41) is 6.17. The molecule has 182 valence electrons. The van der Waals surface area contributed by atoms with Gasteiger partial charge in [-0.1, -0.05) is 30.7 Å². The summed E-state index contributed by atoms with van der Waals surface area (Å²) in [5.74, 6) is -0.301. The topological polar surface area (TPSA) is 96.3 Å². The van der Waals surface area contributed by atoms with Gasteiger partial charge in [0.25, 0.3) is 5.56 Å². The Bertz CT molecular complexity index is 1310. The van der Waals surface area contributed by atoms with E-state index in [1.165, 1.54) is 42.5 Å². The molecular weight excluding hydrogens is 442 g/mol. The number of carbonyl (C=O) groups is 2. The van der Waals surface area contributed by atoms with E-state index in [9.17, 15) is 14.4 Å². The molecule has 0 saturated carbocycles. The number of hydrogen-bond donors (Lipinski definition) is 2. The first-order valence-electron chi connectivity index (χ1n) is 12.4. The SMILES string of the molecule is Cc1nc2ccc(NCc3ccc(CN4CCCCC4)cc3)cc2c(=O)n1C1CCC(=O)NC1=O. The summed E-state index contributed by atoms with van der Waals surface area (Å²) in [5.41, 5.74) is 3.62. The number of nitrogens with zero attached hydrogens (tertiary/aromatic N) is 3. The summed E-state index contributed by atoms with van der Waals surface area (Å²) >= 11 is 0. The smallest absolute Gasteiger partial charge is 0.262 e. The van der Waals surface area contributed by atoms with Gasteiger partial charge in [0.1, 0.15) is 11.9 Å². The van der Waals surface area contributed by atoms with Crippen molar-refractivity contribution >= 4 is 28.4 Å². The number of imide groups is 1. The highest BCUT2D eigenvalue weighted by atomic mass is 16.2. The monoisotopic (exact) mass is 473 g/mol. The van der Waals surface area contributed by atoms with Crippen molar-refractivity contribution in [1.82, 2.24) is 19.8 Å². The molecule has 8 nitrogen and oxygen atoms in total. The Kier molecular flexibility index (Phi) is 6.63. The lowest BCUT2D eigenvalue weighted by molar-refractivity contribution is -0.135. The number of amides is 2. The molecule has 2 aromatic carbocycles. The molecule has 2 fully saturated rings. The van der Waals surface area contributed by atoms with Crippen LogP contribution < -0.4 is 16.2 Å². The van der Waals surface area contributed by atoms with Crippen molar-refractivity contribution in [2.75, 3.05) is 18.4 Å². The third kappa shape index (κ3) is 5.12. The highest BCUT2D eigenvalue weighted by molar-refractivity contribution is 5.99. The number of anilines is 1. The highest BCUT2D eigenvalue weighted by Crippen LogP contribution is 2.22. The molecular formula is C27H31N5O3. The summed E-state index contributed by atoms with van der Waals surface area (Å²) in [7, 11) is 0. The fourth-order valence-electron chi connectivity index (χ4n) is 5.06. The Hall–Kier alpha value is -3.52. The molecule has 5 rings (SSSR count). The molecule has 2 amide bonds. The Morgan fingerprint density at radius 2 is 1.74 bits per heavy atom. The minimum Gasteiger partial charge on any atom is -0.381 e. The van der Waals surface area contributed by atoms with Crippen LogP contribution in [-0.4, -0.2) is 39.4 Å². The molecule has 3 heterocycles. The number of hydrogen-bond acceptors (Lipinski definition) is 6. The van der Waals surface area contributed by atoms with Gasteiger partial charge in [-0.25, -0.2) is 4.98 Å². The maximum atomic E-state index is 13.3.